The van der Waals surface area contributed by atoms with Crippen LogP contribution < -0.4 is 0 Å². The van der Waals surface area contributed by atoms with Crippen molar-refractivity contribution in [3.05, 3.63) is 0 Å². The van der Waals surface area contributed by atoms with Gasteiger partial charge < -0.3 is 9.47 Å². The Morgan fingerprint density at radius 2 is 1.28 bits per heavy atom. The van der Waals surface area contributed by atoms with Gasteiger partial charge in [-0.1, -0.05) is 6.92 Å². The molecule has 0 N–H and O–H groups in total. The number of hydrogen-bond donors (Lipinski definition) is 0. The van der Waals surface area contributed by atoms with E-state index in [0.29, 0.717) is 26.1 Å². The Kier molecular flexibility index (Phi) is 10.6. The van der Waals surface area contributed by atoms with Crippen LogP contribution in [0, 0.1) is 0 Å². The summed E-state index contributed by atoms with van der Waals surface area (Å²) in [5.41, 5.74) is -1.51. The van der Waals surface area contributed by atoms with Crippen LogP contribution in [0.25, 0.3) is 0 Å². The summed E-state index contributed by atoms with van der Waals surface area (Å²) in [6, 6.07) is 0. The standard InChI is InChI=1S/C18H36O7/c1-9-16(3,4)24-25-18(7,8)12-11-17(5,6)23-22-15(19)21-14-13-20-10-2/h9-14H2,1-8H3. The molecular weight excluding hydrogens is 328 g/mol. The van der Waals surface area contributed by atoms with E-state index in [4.69, 9.17) is 29.0 Å². The number of rotatable bonds is 13. The molecule has 0 saturated heterocycles. The van der Waals surface area contributed by atoms with Crippen LogP contribution in [-0.2, 0) is 29.0 Å². The number of hydrogen-bond acceptors (Lipinski definition) is 7. The first-order valence-corrected chi connectivity index (χ1v) is 8.90. The molecule has 0 amide bonds. The van der Waals surface area contributed by atoms with Gasteiger partial charge in [-0.25, -0.2) is 14.6 Å². The van der Waals surface area contributed by atoms with Gasteiger partial charge in [0.1, 0.15) is 12.2 Å². The molecule has 7 heteroatoms. The summed E-state index contributed by atoms with van der Waals surface area (Å²) in [6.45, 7) is 16.4. The number of carbonyl (C=O) groups excluding carboxylic acids is 1. The van der Waals surface area contributed by atoms with Gasteiger partial charge >= 0.3 is 6.16 Å². The molecule has 0 atom stereocenters. The third-order valence-corrected chi connectivity index (χ3v) is 3.66. The van der Waals surface area contributed by atoms with E-state index in [9.17, 15) is 4.79 Å². The van der Waals surface area contributed by atoms with Crippen LogP contribution in [0.4, 0.5) is 4.79 Å². The monoisotopic (exact) mass is 364 g/mol. The molecule has 0 aromatic heterocycles. The molecule has 0 heterocycles. The van der Waals surface area contributed by atoms with Crippen molar-refractivity contribution in [1.29, 1.82) is 0 Å². The average molecular weight is 364 g/mol. The van der Waals surface area contributed by atoms with Crippen molar-refractivity contribution in [2.75, 3.05) is 19.8 Å². The number of carbonyl (C=O) groups is 1. The van der Waals surface area contributed by atoms with Crippen molar-refractivity contribution in [3.8, 4) is 0 Å². The molecule has 150 valence electrons. The Morgan fingerprint density at radius 1 is 0.760 bits per heavy atom. The highest BCUT2D eigenvalue weighted by Gasteiger charge is 2.30. The molecule has 0 aromatic carbocycles. The third kappa shape index (κ3) is 13.0. The SMILES string of the molecule is CCOCCOC(=O)OOC(C)(C)CCC(C)(C)OOC(C)(C)CC. The van der Waals surface area contributed by atoms with Gasteiger partial charge in [0.2, 0.25) is 0 Å². The largest absolute Gasteiger partial charge is 0.540 e. The summed E-state index contributed by atoms with van der Waals surface area (Å²) < 4.78 is 9.88. The lowest BCUT2D eigenvalue weighted by Crippen LogP contribution is -2.35. The Labute approximate surface area is 152 Å². The molecule has 0 aliphatic heterocycles. The van der Waals surface area contributed by atoms with Crippen LogP contribution >= 0.6 is 0 Å². The van der Waals surface area contributed by atoms with Crippen LogP contribution in [0.15, 0.2) is 0 Å². The van der Waals surface area contributed by atoms with Gasteiger partial charge in [0.25, 0.3) is 0 Å². The maximum Gasteiger partial charge on any atom is 0.540 e. The lowest BCUT2D eigenvalue weighted by Gasteiger charge is -2.32. The van der Waals surface area contributed by atoms with Crippen molar-refractivity contribution < 1.29 is 33.8 Å². The Balaban J connectivity index is 4.14. The van der Waals surface area contributed by atoms with Crippen LogP contribution in [0.3, 0.4) is 0 Å². The van der Waals surface area contributed by atoms with Crippen LogP contribution in [0.1, 0.15) is 74.7 Å². The first-order valence-electron chi connectivity index (χ1n) is 8.90. The van der Waals surface area contributed by atoms with Crippen molar-refractivity contribution in [3.63, 3.8) is 0 Å². The van der Waals surface area contributed by atoms with Gasteiger partial charge in [0, 0.05) is 6.61 Å². The van der Waals surface area contributed by atoms with Crippen molar-refractivity contribution in [1.82, 2.24) is 0 Å². The quantitative estimate of drug-likeness (QED) is 0.205. The maximum absolute atomic E-state index is 11.4. The van der Waals surface area contributed by atoms with E-state index in [-0.39, 0.29) is 12.2 Å². The van der Waals surface area contributed by atoms with Crippen LogP contribution in [0.5, 0.6) is 0 Å². The molecule has 0 aliphatic rings. The fraction of sp³-hybridized carbons (Fsp3) is 0.944. The second kappa shape index (κ2) is 11.0. The highest BCUT2D eigenvalue weighted by molar-refractivity contribution is 5.58. The lowest BCUT2D eigenvalue weighted by atomic mass is 9.94. The van der Waals surface area contributed by atoms with Crippen molar-refractivity contribution >= 4 is 6.16 Å². The molecule has 7 nitrogen and oxygen atoms in total. The van der Waals surface area contributed by atoms with Crippen molar-refractivity contribution in [2.45, 2.75) is 91.5 Å². The minimum absolute atomic E-state index is 0.127. The second-order valence-electron chi connectivity index (χ2n) is 7.76. The third-order valence-electron chi connectivity index (χ3n) is 3.66. The molecule has 0 fully saturated rings. The summed E-state index contributed by atoms with van der Waals surface area (Å²) in [5.74, 6) is 0. The zero-order valence-corrected chi connectivity index (χ0v) is 17.1. The van der Waals surface area contributed by atoms with E-state index in [2.05, 4.69) is 0 Å². The zero-order chi connectivity index (χ0) is 19.6. The van der Waals surface area contributed by atoms with Gasteiger partial charge in [0.05, 0.1) is 17.8 Å². The fourth-order valence-electron chi connectivity index (χ4n) is 1.47. The summed E-state index contributed by atoms with van der Waals surface area (Å²) >= 11 is 0. The smallest absolute Gasteiger partial charge is 0.430 e. The van der Waals surface area contributed by atoms with E-state index in [1.54, 1.807) is 0 Å². The molecule has 0 radical (unpaired) electrons. The van der Waals surface area contributed by atoms with E-state index in [1.807, 2.05) is 55.4 Å². The van der Waals surface area contributed by atoms with Gasteiger partial charge in [-0.15, -0.1) is 0 Å². The molecule has 0 rings (SSSR count). The second-order valence-corrected chi connectivity index (χ2v) is 7.76. The van der Waals surface area contributed by atoms with Crippen LogP contribution in [0.2, 0.25) is 0 Å². The normalized spacial score (nSPS) is 13.0. The first kappa shape index (κ1) is 24.1. The average Bonchev–Trinajstić information content (AvgIpc) is 2.54. The van der Waals surface area contributed by atoms with E-state index in [0.717, 1.165) is 6.42 Å². The molecule has 25 heavy (non-hydrogen) atoms. The molecular formula is C18H36O7. The van der Waals surface area contributed by atoms with Crippen molar-refractivity contribution in [2.24, 2.45) is 0 Å². The van der Waals surface area contributed by atoms with E-state index in [1.165, 1.54) is 0 Å². The molecule has 0 aromatic rings. The molecule has 0 saturated carbocycles. The molecule has 0 spiro atoms. The minimum atomic E-state index is -0.878. The Hall–Kier alpha value is -0.890. The van der Waals surface area contributed by atoms with E-state index >= 15 is 0 Å². The minimum Gasteiger partial charge on any atom is -0.430 e. The van der Waals surface area contributed by atoms with Gasteiger partial charge in [0.15, 0.2) is 0 Å². The predicted octanol–water partition coefficient (Wildman–Crippen LogP) is 4.58. The summed E-state index contributed by atoms with van der Waals surface area (Å²) in [4.78, 5) is 32.4. The fourth-order valence-corrected chi connectivity index (χ4v) is 1.47. The Morgan fingerprint density at radius 3 is 1.80 bits per heavy atom. The number of ether oxygens (including phenoxy) is 2. The molecule has 0 aliphatic carbocycles. The van der Waals surface area contributed by atoms with Gasteiger partial charge in [-0.05, 0) is 67.7 Å². The van der Waals surface area contributed by atoms with Crippen LogP contribution in [-0.4, -0.2) is 42.8 Å². The highest BCUT2D eigenvalue weighted by atomic mass is 17.2. The topological polar surface area (TPSA) is 72.5 Å². The summed E-state index contributed by atoms with van der Waals surface area (Å²) in [6.07, 6.45) is 1.22. The predicted molar refractivity (Wildman–Crippen MR) is 93.9 cm³/mol. The van der Waals surface area contributed by atoms with Gasteiger partial charge in [-0.2, -0.15) is 4.89 Å². The molecule has 0 bridgehead atoms. The van der Waals surface area contributed by atoms with E-state index < -0.39 is 17.4 Å². The summed E-state index contributed by atoms with van der Waals surface area (Å²) in [7, 11) is 0. The Bertz CT molecular complexity index is 378. The first-order chi connectivity index (χ1) is 11.4. The highest BCUT2D eigenvalue weighted by Crippen LogP contribution is 2.27. The summed E-state index contributed by atoms with van der Waals surface area (Å²) in [5, 5.41) is 0. The molecule has 0 unspecified atom stereocenters. The lowest BCUT2D eigenvalue weighted by molar-refractivity contribution is -0.404. The maximum atomic E-state index is 11.4. The zero-order valence-electron chi connectivity index (χ0n) is 17.1. The van der Waals surface area contributed by atoms with Gasteiger partial charge in [-0.3, -0.25) is 4.89 Å².